The van der Waals surface area contributed by atoms with Gasteiger partial charge < -0.3 is 9.84 Å². The monoisotopic (exact) mass is 194 g/mol. The van der Waals surface area contributed by atoms with E-state index >= 15 is 0 Å². The van der Waals surface area contributed by atoms with Crippen LogP contribution in [-0.2, 0) is 4.74 Å². The third kappa shape index (κ3) is 4.94. The van der Waals surface area contributed by atoms with Crippen LogP contribution in [0.5, 0.6) is 0 Å². The van der Waals surface area contributed by atoms with Gasteiger partial charge in [-0.05, 0) is 25.7 Å². The van der Waals surface area contributed by atoms with Crippen molar-refractivity contribution >= 4 is 0 Å². The molecule has 14 heavy (non-hydrogen) atoms. The zero-order chi connectivity index (χ0) is 10.1. The molecule has 0 bridgehead atoms. The molecule has 0 saturated carbocycles. The second-order valence-corrected chi connectivity index (χ2v) is 3.42. The highest BCUT2D eigenvalue weighted by atomic mass is 16.5. The van der Waals surface area contributed by atoms with Crippen molar-refractivity contribution in [3.63, 3.8) is 0 Å². The van der Waals surface area contributed by atoms with Crippen molar-refractivity contribution in [1.82, 2.24) is 0 Å². The number of aliphatic hydroxyl groups excluding tert-OH is 1. The van der Waals surface area contributed by atoms with Crippen molar-refractivity contribution in [1.29, 1.82) is 0 Å². The molecule has 2 nitrogen and oxygen atoms in total. The molecule has 1 aliphatic rings. The van der Waals surface area contributed by atoms with Crippen molar-refractivity contribution in [3.8, 4) is 11.8 Å². The number of hydrogen-bond donors (Lipinski definition) is 1. The molecule has 0 aromatic rings. The number of aliphatic hydroxyl groups is 1. The van der Waals surface area contributed by atoms with Crippen LogP contribution in [0, 0.1) is 11.8 Å². The topological polar surface area (TPSA) is 29.5 Å². The third-order valence-electron chi connectivity index (χ3n) is 2.15. The SMILES string of the molecule is OCCCCC#C/C=C1/CCCCO1. The number of rotatable bonds is 3. The van der Waals surface area contributed by atoms with Gasteiger partial charge in [0.2, 0.25) is 0 Å². The van der Waals surface area contributed by atoms with Crippen LogP contribution in [-0.4, -0.2) is 18.3 Å². The van der Waals surface area contributed by atoms with E-state index in [2.05, 4.69) is 11.8 Å². The van der Waals surface area contributed by atoms with Gasteiger partial charge in [-0.1, -0.05) is 11.8 Å². The summed E-state index contributed by atoms with van der Waals surface area (Å²) in [5.74, 6) is 7.08. The second-order valence-electron chi connectivity index (χ2n) is 3.42. The quantitative estimate of drug-likeness (QED) is 0.551. The molecule has 1 N–H and O–H groups in total. The highest BCUT2D eigenvalue weighted by molar-refractivity contribution is 5.18. The van der Waals surface area contributed by atoms with Gasteiger partial charge in [-0.25, -0.2) is 0 Å². The summed E-state index contributed by atoms with van der Waals surface area (Å²) < 4.78 is 5.42. The molecule has 0 amide bonds. The van der Waals surface area contributed by atoms with Crippen LogP contribution in [0.1, 0.15) is 38.5 Å². The van der Waals surface area contributed by atoms with E-state index < -0.39 is 0 Å². The lowest BCUT2D eigenvalue weighted by molar-refractivity contribution is 0.166. The summed E-state index contributed by atoms with van der Waals surface area (Å²) in [5.41, 5.74) is 0. The Bertz CT molecular complexity index is 224. The van der Waals surface area contributed by atoms with Gasteiger partial charge in [-0.15, -0.1) is 0 Å². The fourth-order valence-corrected chi connectivity index (χ4v) is 1.32. The average molecular weight is 194 g/mol. The first-order valence-corrected chi connectivity index (χ1v) is 5.34. The first-order valence-electron chi connectivity index (χ1n) is 5.34. The van der Waals surface area contributed by atoms with Gasteiger partial charge in [0.1, 0.15) is 5.76 Å². The molecule has 0 spiro atoms. The molecular weight excluding hydrogens is 176 g/mol. The Morgan fingerprint density at radius 1 is 1.36 bits per heavy atom. The lowest BCUT2D eigenvalue weighted by Crippen LogP contribution is -2.02. The van der Waals surface area contributed by atoms with Gasteiger partial charge in [-0.3, -0.25) is 0 Å². The summed E-state index contributed by atoms with van der Waals surface area (Å²) in [6, 6.07) is 0. The van der Waals surface area contributed by atoms with Crippen LogP contribution >= 0.6 is 0 Å². The molecule has 0 aliphatic carbocycles. The van der Waals surface area contributed by atoms with E-state index in [0.717, 1.165) is 38.0 Å². The fourth-order valence-electron chi connectivity index (χ4n) is 1.32. The Balaban J connectivity index is 2.15. The van der Waals surface area contributed by atoms with E-state index in [4.69, 9.17) is 9.84 Å². The highest BCUT2D eigenvalue weighted by Gasteiger charge is 2.03. The van der Waals surface area contributed by atoms with Gasteiger partial charge >= 0.3 is 0 Å². The Labute approximate surface area is 86.0 Å². The molecule has 0 atom stereocenters. The lowest BCUT2D eigenvalue weighted by Gasteiger charge is -2.14. The Hall–Kier alpha value is -0.940. The first-order chi connectivity index (χ1) is 6.93. The van der Waals surface area contributed by atoms with Crippen molar-refractivity contribution < 1.29 is 9.84 Å². The molecule has 1 saturated heterocycles. The zero-order valence-electron chi connectivity index (χ0n) is 8.59. The van der Waals surface area contributed by atoms with Crippen LogP contribution in [0.2, 0.25) is 0 Å². The van der Waals surface area contributed by atoms with E-state index in [1.54, 1.807) is 0 Å². The summed E-state index contributed by atoms with van der Waals surface area (Å²) in [6.07, 6.45) is 8.00. The van der Waals surface area contributed by atoms with Crippen molar-refractivity contribution in [2.24, 2.45) is 0 Å². The standard InChI is InChI=1S/C12H18O2/c13-10-6-3-1-2-4-8-12-9-5-7-11-14-12/h8,13H,1,3,5-7,9-11H2/b12-8-. The average Bonchev–Trinajstić information content (AvgIpc) is 2.25. The third-order valence-corrected chi connectivity index (χ3v) is 2.15. The maximum Gasteiger partial charge on any atom is 0.104 e. The van der Waals surface area contributed by atoms with Crippen LogP contribution in [0.15, 0.2) is 11.8 Å². The summed E-state index contributed by atoms with van der Waals surface area (Å²) in [7, 11) is 0. The number of unbranched alkanes of at least 4 members (excludes halogenated alkanes) is 2. The summed E-state index contributed by atoms with van der Waals surface area (Å²) in [4.78, 5) is 0. The van der Waals surface area contributed by atoms with Crippen LogP contribution in [0.3, 0.4) is 0 Å². The molecule has 78 valence electrons. The van der Waals surface area contributed by atoms with Crippen molar-refractivity contribution in [2.45, 2.75) is 38.5 Å². The summed E-state index contributed by atoms with van der Waals surface area (Å²) >= 11 is 0. The van der Waals surface area contributed by atoms with E-state index in [0.29, 0.717) is 0 Å². The van der Waals surface area contributed by atoms with Crippen LogP contribution < -0.4 is 0 Å². The Morgan fingerprint density at radius 2 is 2.29 bits per heavy atom. The van der Waals surface area contributed by atoms with Gasteiger partial charge in [0, 0.05) is 25.5 Å². The van der Waals surface area contributed by atoms with Gasteiger partial charge in [-0.2, -0.15) is 0 Å². The fraction of sp³-hybridized carbons (Fsp3) is 0.667. The first kappa shape index (κ1) is 11.1. The summed E-state index contributed by atoms with van der Waals surface area (Å²) in [5, 5.41) is 8.55. The van der Waals surface area contributed by atoms with Gasteiger partial charge in [0.15, 0.2) is 0 Å². The number of ether oxygens (including phenoxy) is 1. The second kappa shape index (κ2) is 7.46. The molecule has 1 aliphatic heterocycles. The highest BCUT2D eigenvalue weighted by Crippen LogP contribution is 2.15. The molecule has 0 aromatic heterocycles. The molecular formula is C12H18O2. The van der Waals surface area contributed by atoms with Crippen LogP contribution in [0.4, 0.5) is 0 Å². The van der Waals surface area contributed by atoms with E-state index in [-0.39, 0.29) is 6.61 Å². The molecule has 1 heterocycles. The maximum absolute atomic E-state index is 8.55. The largest absolute Gasteiger partial charge is 0.497 e. The predicted molar refractivity (Wildman–Crippen MR) is 56.6 cm³/mol. The minimum absolute atomic E-state index is 0.270. The molecule has 0 unspecified atom stereocenters. The predicted octanol–water partition coefficient (Wildman–Crippen LogP) is 2.24. The van der Waals surface area contributed by atoms with Gasteiger partial charge in [0.25, 0.3) is 0 Å². The molecule has 0 aromatic carbocycles. The normalized spacial score (nSPS) is 18.5. The van der Waals surface area contributed by atoms with Crippen LogP contribution in [0.25, 0.3) is 0 Å². The lowest BCUT2D eigenvalue weighted by atomic mass is 10.1. The van der Waals surface area contributed by atoms with Crippen molar-refractivity contribution in [2.75, 3.05) is 13.2 Å². The number of allylic oxidation sites excluding steroid dienone is 2. The maximum atomic E-state index is 8.55. The molecule has 1 rings (SSSR count). The summed E-state index contributed by atoms with van der Waals surface area (Å²) in [6.45, 7) is 1.11. The van der Waals surface area contributed by atoms with Gasteiger partial charge in [0.05, 0.1) is 6.61 Å². The van der Waals surface area contributed by atoms with E-state index in [1.807, 2.05) is 6.08 Å². The smallest absolute Gasteiger partial charge is 0.104 e. The van der Waals surface area contributed by atoms with E-state index in [9.17, 15) is 0 Å². The molecule has 2 heteroatoms. The number of hydrogen-bond acceptors (Lipinski definition) is 2. The zero-order valence-corrected chi connectivity index (χ0v) is 8.59. The van der Waals surface area contributed by atoms with Crippen molar-refractivity contribution in [3.05, 3.63) is 11.8 Å². The minimum atomic E-state index is 0.270. The Kier molecular flexibility index (Phi) is 5.94. The molecule has 1 fully saturated rings. The molecule has 0 radical (unpaired) electrons. The Morgan fingerprint density at radius 3 is 3.00 bits per heavy atom. The minimum Gasteiger partial charge on any atom is -0.497 e. The van der Waals surface area contributed by atoms with E-state index in [1.165, 1.54) is 12.8 Å².